The van der Waals surface area contributed by atoms with Crippen LogP contribution in [0.15, 0.2) is 53.3 Å². The fourth-order valence-electron chi connectivity index (χ4n) is 5.86. The lowest BCUT2D eigenvalue weighted by atomic mass is 9.82. The van der Waals surface area contributed by atoms with Crippen LogP contribution >= 0.6 is 11.3 Å². The molecule has 2 heterocycles. The Kier molecular flexibility index (Phi) is 8.24. The number of hydrogen-bond acceptors (Lipinski definition) is 6. The number of Topliss-reactive ketones (excluding diaryl/α,β-unsaturated/α-hetero) is 1. The second-order valence-corrected chi connectivity index (χ2v) is 15.5. The standard InChI is InChI=1S/C35H38N2O5S2/c1-21-11-8-9-14-26(21)29(38)19-31-36(20-27-22(2)17-28(35(4,5)6)33(39)23(27)3)34(40)30(43-31)18-25-13-10-12-24-15-16-37(32(24)25)44(7,41)42/h8-14,17-19,39H,15-16,20H2,1-7H3/b30-18-,31-19-. The summed E-state index contributed by atoms with van der Waals surface area (Å²) in [6.07, 6.45) is 5.00. The third kappa shape index (κ3) is 5.90. The van der Waals surface area contributed by atoms with Gasteiger partial charge >= 0.3 is 0 Å². The van der Waals surface area contributed by atoms with Crippen molar-refractivity contribution in [2.75, 3.05) is 17.1 Å². The molecule has 0 spiro atoms. The van der Waals surface area contributed by atoms with Crippen molar-refractivity contribution in [2.45, 2.75) is 59.9 Å². The number of anilines is 1. The number of para-hydroxylation sites is 1. The summed E-state index contributed by atoms with van der Waals surface area (Å²) < 4.78 is 29.0. The van der Waals surface area contributed by atoms with Crippen molar-refractivity contribution in [3.63, 3.8) is 0 Å². The molecule has 1 N–H and O–H groups in total. The lowest BCUT2D eigenvalue weighted by molar-refractivity contribution is 0.106. The summed E-state index contributed by atoms with van der Waals surface area (Å²) in [7, 11) is -3.50. The number of sulfonamides is 1. The van der Waals surface area contributed by atoms with Gasteiger partial charge in [0.25, 0.3) is 5.56 Å². The average Bonchev–Trinajstić information content (AvgIpc) is 3.50. The first-order valence-corrected chi connectivity index (χ1v) is 17.2. The van der Waals surface area contributed by atoms with E-state index in [1.54, 1.807) is 16.7 Å². The number of aromatic hydroxyl groups is 1. The van der Waals surface area contributed by atoms with Gasteiger partial charge < -0.3 is 5.11 Å². The quantitative estimate of drug-likeness (QED) is 0.312. The molecule has 230 valence electrons. The molecule has 1 aliphatic heterocycles. The fraction of sp³-hybridized carbons (Fsp3) is 0.314. The van der Waals surface area contributed by atoms with E-state index in [4.69, 9.17) is 0 Å². The summed E-state index contributed by atoms with van der Waals surface area (Å²) in [6, 6.07) is 14.9. The molecule has 0 saturated carbocycles. The van der Waals surface area contributed by atoms with Crippen LogP contribution in [0.5, 0.6) is 5.75 Å². The normalized spacial score (nSPS) is 14.4. The fourth-order valence-corrected chi connectivity index (χ4v) is 7.87. The van der Waals surface area contributed by atoms with Gasteiger partial charge in [0.05, 0.1) is 23.0 Å². The Hall–Kier alpha value is -3.95. The molecule has 44 heavy (non-hydrogen) atoms. The van der Waals surface area contributed by atoms with Crippen molar-refractivity contribution in [1.82, 2.24) is 4.57 Å². The summed E-state index contributed by atoms with van der Waals surface area (Å²) in [5, 5.41) is 11.2. The highest BCUT2D eigenvalue weighted by molar-refractivity contribution is 7.92. The van der Waals surface area contributed by atoms with Gasteiger partial charge in [-0.1, -0.05) is 69.3 Å². The smallest absolute Gasteiger partial charge is 0.269 e. The minimum atomic E-state index is -3.50. The Morgan fingerprint density at radius 2 is 1.75 bits per heavy atom. The number of fused-ring (bicyclic) bond motifs is 1. The molecular weight excluding hydrogens is 593 g/mol. The number of thiazole rings is 1. The molecule has 0 amide bonds. The van der Waals surface area contributed by atoms with E-state index < -0.39 is 10.0 Å². The van der Waals surface area contributed by atoms with Gasteiger partial charge in [-0.25, -0.2) is 8.42 Å². The maximum atomic E-state index is 14.1. The molecule has 1 aromatic heterocycles. The van der Waals surface area contributed by atoms with E-state index in [2.05, 4.69) is 0 Å². The molecule has 9 heteroatoms. The summed E-state index contributed by atoms with van der Waals surface area (Å²) in [5.74, 6) is -0.0109. The van der Waals surface area contributed by atoms with Gasteiger partial charge in [-0.3, -0.25) is 18.5 Å². The van der Waals surface area contributed by atoms with Crippen molar-refractivity contribution in [2.24, 2.45) is 0 Å². The highest BCUT2D eigenvalue weighted by atomic mass is 32.2. The van der Waals surface area contributed by atoms with Crippen molar-refractivity contribution in [1.29, 1.82) is 0 Å². The van der Waals surface area contributed by atoms with Gasteiger partial charge in [0, 0.05) is 23.7 Å². The molecule has 4 aromatic rings. The van der Waals surface area contributed by atoms with Crippen LogP contribution in [0.3, 0.4) is 0 Å². The lowest BCUT2D eigenvalue weighted by Crippen LogP contribution is -2.33. The summed E-state index contributed by atoms with van der Waals surface area (Å²) in [6.45, 7) is 12.3. The van der Waals surface area contributed by atoms with Crippen LogP contribution in [0.1, 0.15) is 70.1 Å². The second-order valence-electron chi connectivity index (χ2n) is 12.5. The average molecular weight is 631 g/mol. The number of rotatable bonds is 6. The number of benzene rings is 3. The van der Waals surface area contributed by atoms with E-state index in [1.165, 1.54) is 28.0 Å². The number of aromatic nitrogens is 1. The van der Waals surface area contributed by atoms with Crippen LogP contribution < -0.4 is 19.1 Å². The van der Waals surface area contributed by atoms with Gasteiger partial charge in [0.1, 0.15) is 10.4 Å². The molecule has 0 fully saturated rings. The van der Waals surface area contributed by atoms with Crippen LogP contribution in [0.25, 0.3) is 12.2 Å². The minimum absolute atomic E-state index is 0.161. The predicted molar refractivity (Wildman–Crippen MR) is 179 cm³/mol. The molecular formula is C35H38N2O5S2. The van der Waals surface area contributed by atoms with Crippen molar-refractivity contribution < 1.29 is 18.3 Å². The molecule has 0 radical (unpaired) electrons. The second kappa shape index (κ2) is 11.5. The monoisotopic (exact) mass is 630 g/mol. The molecule has 1 aliphatic rings. The number of ketones is 1. The third-order valence-corrected chi connectivity index (χ3v) is 10.5. The number of phenolic OH excluding ortho intramolecular Hbond substituents is 1. The number of aryl methyl sites for hydroxylation is 2. The predicted octanol–water partition coefficient (Wildman–Crippen LogP) is 4.70. The number of phenols is 1. The highest BCUT2D eigenvalue weighted by Gasteiger charge is 2.28. The third-order valence-electron chi connectivity index (χ3n) is 8.30. The first-order valence-electron chi connectivity index (χ1n) is 14.5. The van der Waals surface area contributed by atoms with Crippen molar-refractivity contribution in [3.8, 4) is 5.75 Å². The Balaban J connectivity index is 1.74. The van der Waals surface area contributed by atoms with E-state index in [9.17, 15) is 23.1 Å². The molecule has 0 bridgehead atoms. The SMILES string of the molecule is Cc1ccccc1C(=O)/C=c1\s/c(=C\c2cccc3c2N(S(C)(=O)=O)CC3)c(=O)n1Cc1c(C)cc(C(C)(C)C)c(O)c1C. The number of carbonyl (C=O) groups is 1. The van der Waals surface area contributed by atoms with E-state index in [0.717, 1.165) is 27.8 Å². The number of nitrogens with zero attached hydrogens (tertiary/aromatic N) is 2. The first kappa shape index (κ1) is 31.5. The maximum absolute atomic E-state index is 14.1. The Morgan fingerprint density at radius 1 is 1.05 bits per heavy atom. The van der Waals surface area contributed by atoms with Crippen molar-refractivity contribution in [3.05, 3.63) is 113 Å². The minimum Gasteiger partial charge on any atom is -0.507 e. The molecule has 0 atom stereocenters. The molecule has 5 rings (SSSR count). The van der Waals surface area contributed by atoms with Gasteiger partial charge in [0.15, 0.2) is 5.78 Å². The maximum Gasteiger partial charge on any atom is 0.269 e. The van der Waals surface area contributed by atoms with Crippen LogP contribution in [-0.4, -0.2) is 36.7 Å². The molecule has 0 saturated heterocycles. The lowest BCUT2D eigenvalue weighted by Gasteiger charge is -2.24. The van der Waals surface area contributed by atoms with E-state index in [0.29, 0.717) is 44.5 Å². The van der Waals surface area contributed by atoms with Gasteiger partial charge in [-0.05, 0) is 72.1 Å². The largest absolute Gasteiger partial charge is 0.507 e. The topological polar surface area (TPSA) is 96.7 Å². The molecule has 3 aromatic carbocycles. The Labute approximate surface area is 262 Å². The van der Waals surface area contributed by atoms with Gasteiger partial charge in [-0.2, -0.15) is 0 Å². The summed E-state index contributed by atoms with van der Waals surface area (Å²) >= 11 is 1.19. The first-order chi connectivity index (χ1) is 20.6. The van der Waals surface area contributed by atoms with Gasteiger partial charge in [-0.15, -0.1) is 11.3 Å². The zero-order chi connectivity index (χ0) is 32.1. The van der Waals surface area contributed by atoms with Crippen molar-refractivity contribution >= 4 is 45.0 Å². The van der Waals surface area contributed by atoms with E-state index >= 15 is 0 Å². The molecule has 7 nitrogen and oxygen atoms in total. The van der Waals surface area contributed by atoms with Crippen LogP contribution in [0.2, 0.25) is 0 Å². The van der Waals surface area contributed by atoms with E-state index in [-0.39, 0.29) is 29.1 Å². The molecule has 0 unspecified atom stereocenters. The summed E-state index contributed by atoms with van der Waals surface area (Å²) in [5.41, 5.74) is 6.22. The van der Waals surface area contributed by atoms with E-state index in [1.807, 2.05) is 84.0 Å². The van der Waals surface area contributed by atoms with Gasteiger partial charge in [0.2, 0.25) is 10.0 Å². The zero-order valence-electron chi connectivity index (χ0n) is 26.2. The number of hydrogen-bond donors (Lipinski definition) is 1. The molecule has 0 aliphatic carbocycles. The highest BCUT2D eigenvalue weighted by Crippen LogP contribution is 2.37. The number of carbonyl (C=O) groups excluding carboxylic acids is 1. The Bertz CT molecular complexity index is 2100. The zero-order valence-corrected chi connectivity index (χ0v) is 27.8. The van der Waals surface area contributed by atoms with Crippen LogP contribution in [0, 0.1) is 20.8 Å². The Morgan fingerprint density at radius 3 is 2.41 bits per heavy atom. The summed E-state index contributed by atoms with van der Waals surface area (Å²) in [4.78, 5) is 27.6. The van der Waals surface area contributed by atoms with Crippen LogP contribution in [0.4, 0.5) is 5.69 Å². The van der Waals surface area contributed by atoms with Crippen LogP contribution in [-0.2, 0) is 28.4 Å².